The van der Waals surface area contributed by atoms with E-state index in [2.05, 4.69) is 12.1 Å². The lowest BCUT2D eigenvalue weighted by atomic mass is 9.97. The summed E-state index contributed by atoms with van der Waals surface area (Å²) in [6.45, 7) is 0. The molecule has 0 N–H and O–H groups in total. The van der Waals surface area contributed by atoms with Crippen molar-refractivity contribution in [2.45, 2.75) is 12.7 Å². The molecule has 0 radical (unpaired) electrons. The van der Waals surface area contributed by atoms with Crippen LogP contribution in [-0.2, 0) is 15.9 Å². The van der Waals surface area contributed by atoms with Crippen molar-refractivity contribution in [1.82, 2.24) is 0 Å². The van der Waals surface area contributed by atoms with Gasteiger partial charge in [0.25, 0.3) is 0 Å². The molecule has 1 heterocycles. The van der Waals surface area contributed by atoms with Gasteiger partial charge in [0.05, 0.1) is 0 Å². The molecule has 0 aliphatic rings. The Morgan fingerprint density at radius 1 is 1.00 bits per heavy atom. The van der Waals surface area contributed by atoms with Gasteiger partial charge in [-0.05, 0) is 35.7 Å². The van der Waals surface area contributed by atoms with Crippen molar-refractivity contribution in [2.75, 3.05) is 14.2 Å². The van der Waals surface area contributed by atoms with Crippen LogP contribution in [-0.4, -0.2) is 14.2 Å². The Labute approximate surface area is 134 Å². The molecule has 118 valence electrons. The van der Waals surface area contributed by atoms with Crippen LogP contribution in [0.1, 0.15) is 23.0 Å². The highest BCUT2D eigenvalue weighted by atomic mass is 16.7. The zero-order valence-electron chi connectivity index (χ0n) is 13.1. The first kappa shape index (κ1) is 15.5. The lowest BCUT2D eigenvalue weighted by Gasteiger charge is -2.18. The number of benzene rings is 2. The van der Waals surface area contributed by atoms with Gasteiger partial charge in [0.1, 0.15) is 5.58 Å². The number of fused-ring (bicyclic) bond motifs is 1. The van der Waals surface area contributed by atoms with Crippen LogP contribution in [0.5, 0.6) is 0 Å². The van der Waals surface area contributed by atoms with Gasteiger partial charge >= 0.3 is 5.63 Å². The molecule has 4 nitrogen and oxygen atoms in total. The van der Waals surface area contributed by atoms with Gasteiger partial charge in [0.15, 0.2) is 6.29 Å². The summed E-state index contributed by atoms with van der Waals surface area (Å²) in [4.78, 5) is 11.5. The minimum Gasteiger partial charge on any atom is -0.423 e. The normalized spacial score (nSPS) is 11.3. The molecule has 23 heavy (non-hydrogen) atoms. The van der Waals surface area contributed by atoms with Crippen molar-refractivity contribution in [3.05, 3.63) is 81.7 Å². The van der Waals surface area contributed by atoms with E-state index in [9.17, 15) is 4.79 Å². The molecular formula is C19H18O4. The van der Waals surface area contributed by atoms with E-state index in [-0.39, 0.29) is 5.63 Å². The summed E-state index contributed by atoms with van der Waals surface area (Å²) in [6, 6.07) is 17.1. The van der Waals surface area contributed by atoms with Crippen LogP contribution in [0.2, 0.25) is 0 Å². The molecule has 0 amide bonds. The second-order valence-corrected chi connectivity index (χ2v) is 5.31. The summed E-state index contributed by atoms with van der Waals surface area (Å²) < 4.78 is 16.1. The molecule has 2 aromatic carbocycles. The molecule has 0 unspecified atom stereocenters. The van der Waals surface area contributed by atoms with Gasteiger partial charge in [-0.15, -0.1) is 0 Å². The smallest absolute Gasteiger partial charge is 0.336 e. The molecule has 0 atom stereocenters. The summed E-state index contributed by atoms with van der Waals surface area (Å²) in [6.07, 6.45) is 0.235. The van der Waals surface area contributed by atoms with Gasteiger partial charge in [0, 0.05) is 31.2 Å². The van der Waals surface area contributed by atoms with E-state index in [0.29, 0.717) is 12.0 Å². The third kappa shape index (κ3) is 3.33. The number of ether oxygens (including phenoxy) is 2. The Hall–Kier alpha value is -2.43. The second-order valence-electron chi connectivity index (χ2n) is 5.31. The molecule has 1 aromatic heterocycles. The predicted octanol–water partition coefficient (Wildman–Crippen LogP) is 3.68. The SMILES string of the molecule is COC(OC)c1cc2ccc(=O)oc2cc1Cc1ccccc1. The van der Waals surface area contributed by atoms with Crippen LogP contribution in [0.25, 0.3) is 11.0 Å². The maximum Gasteiger partial charge on any atom is 0.336 e. The average molecular weight is 310 g/mol. The van der Waals surface area contributed by atoms with E-state index in [4.69, 9.17) is 13.9 Å². The predicted molar refractivity (Wildman–Crippen MR) is 88.5 cm³/mol. The maximum absolute atomic E-state index is 11.5. The van der Waals surface area contributed by atoms with Crippen LogP contribution in [0.15, 0.2) is 63.8 Å². The van der Waals surface area contributed by atoms with Gasteiger partial charge in [-0.1, -0.05) is 30.3 Å². The third-order valence-electron chi connectivity index (χ3n) is 3.80. The summed E-state index contributed by atoms with van der Waals surface area (Å²) >= 11 is 0. The summed E-state index contributed by atoms with van der Waals surface area (Å²) in [5.74, 6) is 0. The molecule has 0 aliphatic carbocycles. The second kappa shape index (κ2) is 6.77. The first-order valence-electron chi connectivity index (χ1n) is 7.37. The molecule has 3 aromatic rings. The topological polar surface area (TPSA) is 48.7 Å². The average Bonchev–Trinajstić information content (AvgIpc) is 2.57. The third-order valence-corrected chi connectivity index (χ3v) is 3.80. The van der Waals surface area contributed by atoms with E-state index >= 15 is 0 Å². The molecular weight excluding hydrogens is 292 g/mol. The summed E-state index contributed by atoms with van der Waals surface area (Å²) in [7, 11) is 3.21. The number of methoxy groups -OCH3 is 2. The van der Waals surface area contributed by atoms with Crippen molar-refractivity contribution in [2.24, 2.45) is 0 Å². The molecule has 0 aliphatic heterocycles. The molecule has 0 bridgehead atoms. The number of hydrogen-bond donors (Lipinski definition) is 0. The molecule has 0 saturated carbocycles. The van der Waals surface area contributed by atoms with Crippen molar-refractivity contribution in [3.8, 4) is 0 Å². The van der Waals surface area contributed by atoms with Crippen molar-refractivity contribution in [1.29, 1.82) is 0 Å². The highest BCUT2D eigenvalue weighted by Gasteiger charge is 2.16. The standard InChI is InChI=1S/C19H18O4/c1-21-19(22-2)16-11-14-8-9-18(20)23-17(14)12-15(16)10-13-6-4-3-5-7-13/h3-9,11-12,19H,10H2,1-2H3. The van der Waals surface area contributed by atoms with Crippen LogP contribution in [0.4, 0.5) is 0 Å². The Morgan fingerprint density at radius 2 is 1.74 bits per heavy atom. The van der Waals surface area contributed by atoms with Crippen molar-refractivity contribution in [3.63, 3.8) is 0 Å². The fraction of sp³-hybridized carbons (Fsp3) is 0.211. The summed E-state index contributed by atoms with van der Waals surface area (Å²) in [5, 5.41) is 0.843. The Bertz CT molecular complexity index is 848. The first-order valence-corrected chi connectivity index (χ1v) is 7.37. The molecule has 0 fully saturated rings. The van der Waals surface area contributed by atoms with Gasteiger partial charge in [-0.2, -0.15) is 0 Å². The highest BCUT2D eigenvalue weighted by molar-refractivity contribution is 5.78. The van der Waals surface area contributed by atoms with E-state index in [1.807, 2.05) is 30.3 Å². The van der Waals surface area contributed by atoms with Crippen molar-refractivity contribution < 1.29 is 13.9 Å². The van der Waals surface area contributed by atoms with Crippen LogP contribution < -0.4 is 5.63 Å². The lowest BCUT2D eigenvalue weighted by Crippen LogP contribution is -2.08. The fourth-order valence-corrected chi connectivity index (χ4v) is 2.71. The Kier molecular flexibility index (Phi) is 4.55. The monoisotopic (exact) mass is 310 g/mol. The Balaban J connectivity index is 2.14. The molecule has 3 rings (SSSR count). The molecule has 0 saturated heterocycles. The largest absolute Gasteiger partial charge is 0.423 e. The zero-order valence-corrected chi connectivity index (χ0v) is 13.1. The van der Waals surface area contributed by atoms with E-state index in [1.165, 1.54) is 6.07 Å². The van der Waals surface area contributed by atoms with E-state index < -0.39 is 6.29 Å². The van der Waals surface area contributed by atoms with Gasteiger partial charge in [0.2, 0.25) is 0 Å². The van der Waals surface area contributed by atoms with Gasteiger partial charge < -0.3 is 13.9 Å². The van der Waals surface area contributed by atoms with Crippen molar-refractivity contribution >= 4 is 11.0 Å². The summed E-state index contributed by atoms with van der Waals surface area (Å²) in [5.41, 5.74) is 3.31. The van der Waals surface area contributed by atoms with E-state index in [0.717, 1.165) is 22.1 Å². The van der Waals surface area contributed by atoms with Crippen LogP contribution >= 0.6 is 0 Å². The number of rotatable bonds is 5. The van der Waals surface area contributed by atoms with Crippen LogP contribution in [0, 0.1) is 0 Å². The first-order chi connectivity index (χ1) is 11.2. The zero-order chi connectivity index (χ0) is 16.2. The minimum atomic E-state index is -0.468. The van der Waals surface area contributed by atoms with Gasteiger partial charge in [-0.3, -0.25) is 0 Å². The Morgan fingerprint density at radius 3 is 2.43 bits per heavy atom. The van der Waals surface area contributed by atoms with E-state index in [1.54, 1.807) is 20.3 Å². The fourth-order valence-electron chi connectivity index (χ4n) is 2.71. The lowest BCUT2D eigenvalue weighted by molar-refractivity contribution is -0.106. The maximum atomic E-state index is 11.5. The number of hydrogen-bond acceptors (Lipinski definition) is 4. The van der Waals surface area contributed by atoms with Gasteiger partial charge in [-0.25, -0.2) is 4.79 Å². The quantitative estimate of drug-likeness (QED) is 0.533. The molecule has 4 heteroatoms. The van der Waals surface area contributed by atoms with Crippen LogP contribution in [0.3, 0.4) is 0 Å². The minimum absolute atomic E-state index is 0.356. The highest BCUT2D eigenvalue weighted by Crippen LogP contribution is 2.28. The molecule has 0 spiro atoms.